The molecule has 0 spiro atoms. The monoisotopic (exact) mass is 545 g/mol. The maximum absolute atomic E-state index is 14.5. The summed E-state index contributed by atoms with van der Waals surface area (Å²) in [6, 6.07) is 5.71. The Bertz CT molecular complexity index is 1340. The third kappa shape index (κ3) is 6.14. The average Bonchev–Trinajstić information content (AvgIpc) is 3.40. The normalized spacial score (nSPS) is 15.6. The van der Waals surface area contributed by atoms with Crippen LogP contribution >= 0.6 is 11.6 Å². The third-order valence-electron chi connectivity index (χ3n) is 6.48. The number of likely N-dealkylation sites (N-methyl/N-ethyl adjacent to an activating group) is 1. The van der Waals surface area contributed by atoms with Crippen LogP contribution in [-0.2, 0) is 4.79 Å². The molecule has 0 aliphatic carbocycles. The van der Waals surface area contributed by atoms with E-state index in [1.54, 1.807) is 23.1 Å². The summed E-state index contributed by atoms with van der Waals surface area (Å²) in [5, 5.41) is 2.79. The van der Waals surface area contributed by atoms with Crippen molar-refractivity contribution in [2.24, 2.45) is 0 Å². The molecule has 1 amide bonds. The van der Waals surface area contributed by atoms with E-state index in [1.807, 2.05) is 6.08 Å². The highest BCUT2D eigenvalue weighted by Crippen LogP contribution is 2.37. The van der Waals surface area contributed by atoms with Crippen LogP contribution in [0.3, 0.4) is 0 Å². The number of likely N-dealkylation sites (tertiary alicyclic amines) is 1. The van der Waals surface area contributed by atoms with Gasteiger partial charge in [0.2, 0.25) is 5.91 Å². The van der Waals surface area contributed by atoms with E-state index in [4.69, 9.17) is 21.1 Å². The number of rotatable bonds is 10. The van der Waals surface area contributed by atoms with E-state index < -0.39 is 16.7 Å². The van der Waals surface area contributed by atoms with Gasteiger partial charge in [0.25, 0.3) is 0 Å². The third-order valence-corrected chi connectivity index (χ3v) is 6.82. The maximum Gasteiger partial charge on any atom is 0.246 e. The van der Waals surface area contributed by atoms with Crippen molar-refractivity contribution < 1.29 is 23.0 Å². The number of benzene rings is 2. The van der Waals surface area contributed by atoms with Gasteiger partial charge in [-0.25, -0.2) is 18.7 Å². The Morgan fingerprint density at radius 3 is 2.76 bits per heavy atom. The number of carbonyl (C=O) groups excluding carboxylic acids is 1. The van der Waals surface area contributed by atoms with Crippen LogP contribution in [0.4, 0.5) is 20.3 Å². The topological polar surface area (TPSA) is 79.8 Å². The molecule has 0 bridgehead atoms. The van der Waals surface area contributed by atoms with Gasteiger partial charge in [-0.15, -0.1) is 0 Å². The molecule has 1 saturated heterocycles. The summed E-state index contributed by atoms with van der Waals surface area (Å²) in [4.78, 5) is 25.1. The number of methoxy groups -OCH3 is 1. The summed E-state index contributed by atoms with van der Waals surface area (Å²) in [5.74, 6) is -0.649. The Balaban J connectivity index is 1.51. The van der Waals surface area contributed by atoms with Gasteiger partial charge in [0.05, 0.1) is 24.9 Å². The van der Waals surface area contributed by atoms with Crippen LogP contribution in [0, 0.1) is 11.6 Å². The van der Waals surface area contributed by atoms with E-state index in [0.29, 0.717) is 41.9 Å². The van der Waals surface area contributed by atoms with E-state index in [1.165, 1.54) is 19.5 Å². The Morgan fingerprint density at radius 2 is 2.03 bits per heavy atom. The fraction of sp³-hybridized carbons (Fsp3) is 0.370. The van der Waals surface area contributed by atoms with Crippen LogP contribution in [0.1, 0.15) is 20.3 Å². The lowest BCUT2D eigenvalue weighted by atomic mass is 10.2. The molecule has 3 aromatic rings. The first-order chi connectivity index (χ1) is 18.3. The molecule has 1 aliphatic heterocycles. The molecular formula is C27H30ClF2N5O3. The first kappa shape index (κ1) is 27.5. The second-order valence-electron chi connectivity index (χ2n) is 8.79. The standard InChI is InChI=1S/C27H30ClF2N5O3/c1-4-34(5-2)11-6-7-24(36)35-12-10-17(15-35)38-23-13-18-21(14-22(23)37-3)31-16-32-27(18)33-20-9-8-19(29)25(28)26(20)30/h6-9,13-14,16-17H,4-5,10-12,15H2,1-3H3,(H,31,32,33)/b7-6+/t17-/m0/s1. The molecule has 0 saturated carbocycles. The predicted octanol–water partition coefficient (Wildman–Crippen LogP) is 5.19. The number of fused-ring (bicyclic) bond motifs is 1. The van der Waals surface area contributed by atoms with Crippen LogP contribution in [0.2, 0.25) is 5.02 Å². The quantitative estimate of drug-likeness (QED) is 0.277. The highest BCUT2D eigenvalue weighted by Gasteiger charge is 2.27. The van der Waals surface area contributed by atoms with Crippen LogP contribution < -0.4 is 14.8 Å². The van der Waals surface area contributed by atoms with Gasteiger partial charge in [0, 0.05) is 37.0 Å². The molecule has 11 heteroatoms. The van der Waals surface area contributed by atoms with Crippen molar-refractivity contribution in [3.05, 3.63) is 59.4 Å². The Morgan fingerprint density at radius 1 is 1.24 bits per heavy atom. The molecule has 1 atom stereocenters. The van der Waals surface area contributed by atoms with E-state index in [0.717, 1.165) is 25.7 Å². The summed E-state index contributed by atoms with van der Waals surface area (Å²) in [5.41, 5.74) is 0.496. The van der Waals surface area contributed by atoms with Crippen LogP contribution in [-0.4, -0.2) is 71.6 Å². The SMILES string of the molecule is CCN(CC)C/C=C/C(=O)N1CC[C@H](Oc2cc3c(Nc4ccc(F)c(Cl)c4F)ncnc3cc2OC)C1. The second kappa shape index (κ2) is 12.4. The molecular weight excluding hydrogens is 516 g/mol. The number of hydrogen-bond donors (Lipinski definition) is 1. The Kier molecular flexibility index (Phi) is 8.96. The Hall–Kier alpha value is -3.50. The van der Waals surface area contributed by atoms with Gasteiger partial charge in [0.15, 0.2) is 17.3 Å². The van der Waals surface area contributed by atoms with Crippen molar-refractivity contribution in [3.8, 4) is 11.5 Å². The lowest BCUT2D eigenvalue weighted by molar-refractivity contribution is -0.125. The number of amides is 1. The molecule has 2 heterocycles. The lowest BCUT2D eigenvalue weighted by Gasteiger charge is -2.19. The maximum atomic E-state index is 14.5. The molecule has 2 aromatic carbocycles. The minimum Gasteiger partial charge on any atom is -0.493 e. The number of hydrogen-bond acceptors (Lipinski definition) is 7. The van der Waals surface area contributed by atoms with Crippen LogP contribution in [0.25, 0.3) is 10.9 Å². The fourth-order valence-electron chi connectivity index (χ4n) is 4.26. The fourth-order valence-corrected chi connectivity index (χ4v) is 4.42. The van der Waals surface area contributed by atoms with Crippen molar-refractivity contribution >= 4 is 39.9 Å². The molecule has 202 valence electrons. The largest absolute Gasteiger partial charge is 0.493 e. The summed E-state index contributed by atoms with van der Waals surface area (Å²) >= 11 is 5.72. The van der Waals surface area contributed by atoms with Gasteiger partial charge in [-0.2, -0.15) is 0 Å². The molecule has 1 aromatic heterocycles. The summed E-state index contributed by atoms with van der Waals surface area (Å²) in [7, 11) is 1.52. The van der Waals surface area contributed by atoms with Gasteiger partial charge in [0.1, 0.15) is 29.1 Å². The number of nitrogens with one attached hydrogen (secondary N) is 1. The van der Waals surface area contributed by atoms with Gasteiger partial charge in [-0.1, -0.05) is 31.5 Å². The van der Waals surface area contributed by atoms with E-state index in [-0.39, 0.29) is 23.5 Å². The number of aromatic nitrogens is 2. The summed E-state index contributed by atoms with van der Waals surface area (Å²) < 4.78 is 39.9. The molecule has 38 heavy (non-hydrogen) atoms. The zero-order valence-electron chi connectivity index (χ0n) is 21.5. The molecule has 0 radical (unpaired) electrons. The molecule has 4 rings (SSSR count). The van der Waals surface area contributed by atoms with Gasteiger partial charge < -0.3 is 24.6 Å². The number of halogens is 3. The van der Waals surface area contributed by atoms with Crippen molar-refractivity contribution in [1.29, 1.82) is 0 Å². The Labute approximate surface area is 225 Å². The van der Waals surface area contributed by atoms with Crippen LogP contribution in [0.5, 0.6) is 11.5 Å². The summed E-state index contributed by atoms with van der Waals surface area (Å²) in [6.07, 6.45) is 5.25. The first-order valence-corrected chi connectivity index (χ1v) is 12.8. The zero-order chi connectivity index (χ0) is 27.2. The molecule has 1 aliphatic rings. The highest BCUT2D eigenvalue weighted by atomic mass is 35.5. The van der Waals surface area contributed by atoms with Gasteiger partial charge in [-0.05, 0) is 31.3 Å². The highest BCUT2D eigenvalue weighted by molar-refractivity contribution is 6.31. The zero-order valence-corrected chi connectivity index (χ0v) is 22.3. The number of ether oxygens (including phenoxy) is 2. The molecule has 1 fully saturated rings. The van der Waals surface area contributed by atoms with Crippen molar-refractivity contribution in [2.75, 3.05) is 45.2 Å². The predicted molar refractivity (Wildman–Crippen MR) is 143 cm³/mol. The van der Waals surface area contributed by atoms with Crippen molar-refractivity contribution in [2.45, 2.75) is 26.4 Å². The first-order valence-electron chi connectivity index (χ1n) is 12.4. The second-order valence-corrected chi connectivity index (χ2v) is 9.17. The van der Waals surface area contributed by atoms with Crippen LogP contribution in [0.15, 0.2) is 42.7 Å². The summed E-state index contributed by atoms with van der Waals surface area (Å²) in [6.45, 7) is 7.78. The minimum absolute atomic E-state index is 0.0336. The van der Waals surface area contributed by atoms with Gasteiger partial charge >= 0.3 is 0 Å². The van der Waals surface area contributed by atoms with Gasteiger partial charge in [-0.3, -0.25) is 4.79 Å². The van der Waals surface area contributed by atoms with E-state index >= 15 is 0 Å². The smallest absolute Gasteiger partial charge is 0.246 e. The van der Waals surface area contributed by atoms with Crippen molar-refractivity contribution in [1.82, 2.24) is 19.8 Å². The minimum atomic E-state index is -0.926. The van der Waals surface area contributed by atoms with E-state index in [9.17, 15) is 13.6 Å². The molecule has 1 N–H and O–H groups in total. The van der Waals surface area contributed by atoms with E-state index in [2.05, 4.69) is 34.0 Å². The lowest BCUT2D eigenvalue weighted by Crippen LogP contribution is -2.30. The van der Waals surface area contributed by atoms with Crippen molar-refractivity contribution in [3.63, 3.8) is 0 Å². The number of carbonyl (C=O) groups is 1. The molecule has 0 unspecified atom stereocenters. The number of nitrogens with zero attached hydrogens (tertiary/aromatic N) is 4. The molecule has 8 nitrogen and oxygen atoms in total. The number of anilines is 2. The average molecular weight is 546 g/mol.